The lowest BCUT2D eigenvalue weighted by atomic mass is 9.70. The Kier molecular flexibility index (Phi) is 5.62. The lowest BCUT2D eigenvalue weighted by Gasteiger charge is -2.30. The van der Waals surface area contributed by atoms with E-state index in [2.05, 4.69) is 10.6 Å². The SMILES string of the molecule is CC(=O)NC(C)C(=O)NC(CC1CCC1)B(O)O. The molecule has 7 heteroatoms. The minimum absolute atomic E-state index is 0.294. The summed E-state index contributed by atoms with van der Waals surface area (Å²) >= 11 is 0. The molecule has 2 unspecified atom stereocenters. The third kappa shape index (κ3) is 4.66. The molecule has 2 amide bonds. The molecule has 4 N–H and O–H groups in total. The zero-order valence-corrected chi connectivity index (χ0v) is 10.8. The van der Waals surface area contributed by atoms with Crippen molar-refractivity contribution >= 4 is 18.9 Å². The van der Waals surface area contributed by atoms with Gasteiger partial charge >= 0.3 is 7.12 Å². The third-order valence-corrected chi connectivity index (χ3v) is 3.31. The summed E-state index contributed by atoms with van der Waals surface area (Å²) in [6.45, 7) is 2.89. The zero-order valence-electron chi connectivity index (χ0n) is 10.8. The molecule has 0 aromatic rings. The summed E-state index contributed by atoms with van der Waals surface area (Å²) in [7, 11) is -1.57. The Morgan fingerprint density at radius 1 is 1.33 bits per heavy atom. The van der Waals surface area contributed by atoms with E-state index in [9.17, 15) is 19.6 Å². The molecule has 0 radical (unpaired) electrons. The highest BCUT2D eigenvalue weighted by Crippen LogP contribution is 2.30. The van der Waals surface area contributed by atoms with E-state index in [1.54, 1.807) is 6.92 Å². The Balaban J connectivity index is 2.43. The highest BCUT2D eigenvalue weighted by molar-refractivity contribution is 6.43. The maximum atomic E-state index is 11.7. The Morgan fingerprint density at radius 3 is 2.33 bits per heavy atom. The molecule has 2 atom stereocenters. The number of nitrogens with one attached hydrogen (secondary N) is 2. The first-order valence-corrected chi connectivity index (χ1v) is 6.33. The lowest BCUT2D eigenvalue weighted by molar-refractivity contribution is -0.128. The van der Waals surface area contributed by atoms with Gasteiger partial charge < -0.3 is 20.7 Å². The molecular formula is C11H21BN2O4. The van der Waals surface area contributed by atoms with Gasteiger partial charge in [0, 0.05) is 6.92 Å². The van der Waals surface area contributed by atoms with Crippen LogP contribution in [0.2, 0.25) is 0 Å². The molecule has 0 heterocycles. The largest absolute Gasteiger partial charge is 0.475 e. The van der Waals surface area contributed by atoms with Gasteiger partial charge in [-0.2, -0.15) is 0 Å². The fraction of sp³-hybridized carbons (Fsp3) is 0.818. The normalized spacial score (nSPS) is 18.4. The van der Waals surface area contributed by atoms with Crippen LogP contribution in [0.3, 0.4) is 0 Å². The number of hydrogen-bond donors (Lipinski definition) is 4. The summed E-state index contributed by atoms with van der Waals surface area (Å²) in [5, 5.41) is 23.5. The van der Waals surface area contributed by atoms with Gasteiger partial charge in [-0.1, -0.05) is 19.3 Å². The van der Waals surface area contributed by atoms with E-state index in [1.165, 1.54) is 6.92 Å². The van der Waals surface area contributed by atoms with E-state index in [0.717, 1.165) is 19.3 Å². The van der Waals surface area contributed by atoms with E-state index in [4.69, 9.17) is 0 Å². The molecule has 0 aliphatic heterocycles. The predicted octanol–water partition coefficient (Wildman–Crippen LogP) is -0.802. The third-order valence-electron chi connectivity index (χ3n) is 3.31. The number of hydrogen-bond acceptors (Lipinski definition) is 4. The maximum absolute atomic E-state index is 11.7. The first-order valence-electron chi connectivity index (χ1n) is 6.33. The Labute approximate surface area is 107 Å². The molecule has 18 heavy (non-hydrogen) atoms. The summed E-state index contributed by atoms with van der Waals surface area (Å²) in [5.74, 6) is -0.910. The van der Waals surface area contributed by atoms with Crippen molar-refractivity contribution in [2.24, 2.45) is 5.92 Å². The predicted molar refractivity (Wildman–Crippen MR) is 67.4 cm³/mol. The number of rotatable bonds is 6. The molecule has 0 spiro atoms. The fourth-order valence-corrected chi connectivity index (χ4v) is 2.02. The van der Waals surface area contributed by atoms with Crippen molar-refractivity contribution in [3.05, 3.63) is 0 Å². The van der Waals surface area contributed by atoms with Crippen LogP contribution in [0, 0.1) is 5.92 Å². The van der Waals surface area contributed by atoms with Crippen LogP contribution in [0.5, 0.6) is 0 Å². The quantitative estimate of drug-likeness (QED) is 0.467. The first-order chi connectivity index (χ1) is 8.40. The monoisotopic (exact) mass is 256 g/mol. The second-order valence-electron chi connectivity index (χ2n) is 4.98. The molecule has 1 aliphatic carbocycles. The van der Waals surface area contributed by atoms with Gasteiger partial charge in [0.25, 0.3) is 0 Å². The van der Waals surface area contributed by atoms with Gasteiger partial charge in [0.05, 0.1) is 5.94 Å². The molecular weight excluding hydrogens is 235 g/mol. The highest BCUT2D eigenvalue weighted by Gasteiger charge is 2.31. The summed E-state index contributed by atoms with van der Waals surface area (Å²) in [6.07, 6.45) is 3.87. The summed E-state index contributed by atoms with van der Waals surface area (Å²) < 4.78 is 0. The van der Waals surface area contributed by atoms with Crippen LogP contribution >= 0.6 is 0 Å². The van der Waals surface area contributed by atoms with E-state index in [1.807, 2.05) is 0 Å². The van der Waals surface area contributed by atoms with Crippen molar-refractivity contribution in [3.8, 4) is 0 Å². The van der Waals surface area contributed by atoms with E-state index < -0.39 is 25.0 Å². The van der Waals surface area contributed by atoms with Crippen LogP contribution in [0.1, 0.15) is 39.5 Å². The average molecular weight is 256 g/mol. The lowest BCUT2D eigenvalue weighted by Crippen LogP contribution is -2.53. The van der Waals surface area contributed by atoms with Gasteiger partial charge in [-0.05, 0) is 19.3 Å². The highest BCUT2D eigenvalue weighted by atomic mass is 16.4. The number of carbonyl (C=O) groups is 2. The molecule has 6 nitrogen and oxygen atoms in total. The van der Waals surface area contributed by atoms with Crippen molar-refractivity contribution in [3.63, 3.8) is 0 Å². The average Bonchev–Trinajstić information content (AvgIpc) is 2.19. The van der Waals surface area contributed by atoms with Crippen molar-refractivity contribution < 1.29 is 19.6 Å². The van der Waals surface area contributed by atoms with Crippen LogP contribution in [-0.4, -0.2) is 41.0 Å². The Morgan fingerprint density at radius 2 is 1.94 bits per heavy atom. The van der Waals surface area contributed by atoms with E-state index in [-0.39, 0.29) is 5.91 Å². The van der Waals surface area contributed by atoms with Crippen LogP contribution in [0.15, 0.2) is 0 Å². The standard InChI is InChI=1S/C11H21BN2O4/c1-7(13-8(2)15)11(16)14-10(12(17)18)6-9-4-3-5-9/h7,9-10,17-18H,3-6H2,1-2H3,(H,13,15)(H,14,16). The Hall–Kier alpha value is -1.08. The topological polar surface area (TPSA) is 98.7 Å². The van der Waals surface area contributed by atoms with Crippen LogP contribution < -0.4 is 10.6 Å². The second kappa shape index (κ2) is 6.75. The van der Waals surface area contributed by atoms with Gasteiger partial charge in [-0.15, -0.1) is 0 Å². The molecule has 102 valence electrons. The molecule has 1 saturated carbocycles. The van der Waals surface area contributed by atoms with Gasteiger partial charge in [0.15, 0.2) is 0 Å². The minimum Gasteiger partial charge on any atom is -0.426 e. The van der Waals surface area contributed by atoms with E-state index >= 15 is 0 Å². The number of amides is 2. The smallest absolute Gasteiger partial charge is 0.426 e. The molecule has 1 fully saturated rings. The van der Waals surface area contributed by atoms with E-state index in [0.29, 0.717) is 12.3 Å². The van der Waals surface area contributed by atoms with Gasteiger partial charge in [0.2, 0.25) is 11.8 Å². The Bertz CT molecular complexity index is 307. The van der Waals surface area contributed by atoms with Crippen LogP contribution in [0.25, 0.3) is 0 Å². The van der Waals surface area contributed by atoms with Crippen LogP contribution in [0.4, 0.5) is 0 Å². The zero-order chi connectivity index (χ0) is 13.7. The number of carbonyl (C=O) groups excluding carboxylic acids is 2. The van der Waals surface area contributed by atoms with Crippen LogP contribution in [-0.2, 0) is 9.59 Å². The summed E-state index contributed by atoms with van der Waals surface area (Å²) in [6, 6.07) is -0.676. The van der Waals surface area contributed by atoms with Crippen molar-refractivity contribution in [2.75, 3.05) is 0 Å². The summed E-state index contributed by atoms with van der Waals surface area (Å²) in [5.41, 5.74) is 0. The van der Waals surface area contributed by atoms with Gasteiger partial charge in [-0.25, -0.2) is 0 Å². The molecule has 0 bridgehead atoms. The molecule has 1 rings (SSSR count). The molecule has 0 saturated heterocycles. The molecule has 0 aromatic carbocycles. The minimum atomic E-state index is -1.57. The fourth-order valence-electron chi connectivity index (χ4n) is 2.02. The molecule has 0 aromatic heterocycles. The molecule has 1 aliphatic rings. The second-order valence-corrected chi connectivity index (χ2v) is 4.98. The summed E-state index contributed by atoms with van der Waals surface area (Å²) in [4.78, 5) is 22.6. The van der Waals surface area contributed by atoms with Crippen molar-refractivity contribution in [1.82, 2.24) is 10.6 Å². The first kappa shape index (κ1) is 15.0. The maximum Gasteiger partial charge on any atom is 0.475 e. The van der Waals surface area contributed by atoms with Gasteiger partial charge in [-0.3, -0.25) is 9.59 Å². The van der Waals surface area contributed by atoms with Crippen molar-refractivity contribution in [1.29, 1.82) is 0 Å². The van der Waals surface area contributed by atoms with Gasteiger partial charge in [0.1, 0.15) is 6.04 Å². The van der Waals surface area contributed by atoms with Crippen molar-refractivity contribution in [2.45, 2.75) is 51.5 Å².